The highest BCUT2D eigenvalue weighted by Gasteiger charge is 2.02. The van der Waals surface area contributed by atoms with Crippen LogP contribution < -0.4 is 11.5 Å². The van der Waals surface area contributed by atoms with Gasteiger partial charge in [-0.05, 0) is 28.1 Å². The molecule has 0 bridgehead atoms. The van der Waals surface area contributed by atoms with E-state index >= 15 is 0 Å². The first-order valence-corrected chi connectivity index (χ1v) is 4.10. The molecule has 0 aliphatic carbocycles. The highest BCUT2D eigenvalue weighted by atomic mass is 79.9. The molecule has 1 aromatic heterocycles. The normalized spacial score (nSPS) is 11.9. The maximum absolute atomic E-state index is 5.64. The molecule has 0 spiro atoms. The van der Waals surface area contributed by atoms with E-state index < -0.39 is 0 Å². The second-order valence-corrected chi connectivity index (χ2v) is 3.16. The Kier molecular flexibility index (Phi) is 5.41. The SMILES string of the molecule is Cl.NC[C@H](N)c1ccc(Br)cn1. The van der Waals surface area contributed by atoms with Crippen LogP contribution in [0.2, 0.25) is 0 Å². The van der Waals surface area contributed by atoms with Crippen molar-refractivity contribution < 1.29 is 0 Å². The van der Waals surface area contributed by atoms with Crippen LogP contribution in [0, 0.1) is 0 Å². The summed E-state index contributed by atoms with van der Waals surface area (Å²) in [6.07, 6.45) is 1.71. The first-order chi connectivity index (χ1) is 5.24. The van der Waals surface area contributed by atoms with Crippen LogP contribution in [-0.2, 0) is 0 Å². The van der Waals surface area contributed by atoms with E-state index in [2.05, 4.69) is 20.9 Å². The zero-order valence-corrected chi connectivity index (χ0v) is 8.81. The van der Waals surface area contributed by atoms with Crippen LogP contribution in [0.3, 0.4) is 0 Å². The molecule has 0 aliphatic heterocycles. The van der Waals surface area contributed by atoms with Gasteiger partial charge in [0.05, 0.1) is 11.7 Å². The molecule has 0 radical (unpaired) electrons. The number of hydrogen-bond donors (Lipinski definition) is 2. The minimum Gasteiger partial charge on any atom is -0.329 e. The number of aromatic nitrogens is 1. The Morgan fingerprint density at radius 1 is 1.50 bits per heavy atom. The Hall–Kier alpha value is -0.160. The summed E-state index contributed by atoms with van der Waals surface area (Å²) in [4.78, 5) is 4.10. The minimum atomic E-state index is -0.150. The molecule has 1 aromatic rings. The van der Waals surface area contributed by atoms with Gasteiger partial charge >= 0.3 is 0 Å². The molecule has 3 nitrogen and oxygen atoms in total. The second-order valence-electron chi connectivity index (χ2n) is 2.24. The average Bonchev–Trinajstić information content (AvgIpc) is 2.05. The summed E-state index contributed by atoms with van der Waals surface area (Å²) in [5, 5.41) is 0. The molecule has 0 fully saturated rings. The number of rotatable bonds is 2. The van der Waals surface area contributed by atoms with Crippen LogP contribution in [0.4, 0.5) is 0 Å². The van der Waals surface area contributed by atoms with Crippen molar-refractivity contribution in [1.82, 2.24) is 4.98 Å². The van der Waals surface area contributed by atoms with Crippen molar-refractivity contribution in [2.24, 2.45) is 11.5 Å². The van der Waals surface area contributed by atoms with Gasteiger partial charge < -0.3 is 11.5 Å². The quantitative estimate of drug-likeness (QED) is 0.832. The molecule has 0 saturated heterocycles. The van der Waals surface area contributed by atoms with Crippen LogP contribution >= 0.6 is 28.3 Å². The van der Waals surface area contributed by atoms with Crippen LogP contribution in [0.25, 0.3) is 0 Å². The van der Waals surface area contributed by atoms with E-state index in [9.17, 15) is 0 Å². The topological polar surface area (TPSA) is 64.9 Å². The van der Waals surface area contributed by atoms with Gasteiger partial charge in [0.25, 0.3) is 0 Å². The molecular formula is C7H11BrClN3. The van der Waals surface area contributed by atoms with Gasteiger partial charge in [0, 0.05) is 17.2 Å². The van der Waals surface area contributed by atoms with Crippen LogP contribution in [0.15, 0.2) is 22.8 Å². The largest absolute Gasteiger partial charge is 0.329 e. The Bertz CT molecular complexity index is 227. The van der Waals surface area contributed by atoms with Crippen molar-refractivity contribution in [2.45, 2.75) is 6.04 Å². The molecule has 4 N–H and O–H groups in total. The number of hydrogen-bond acceptors (Lipinski definition) is 3. The Morgan fingerprint density at radius 3 is 2.58 bits per heavy atom. The minimum absolute atomic E-state index is 0. The summed E-state index contributed by atoms with van der Waals surface area (Å²) >= 11 is 3.28. The lowest BCUT2D eigenvalue weighted by molar-refractivity contribution is 0.710. The van der Waals surface area contributed by atoms with Crippen molar-refractivity contribution in [1.29, 1.82) is 0 Å². The first-order valence-electron chi connectivity index (χ1n) is 3.31. The molecule has 0 aliphatic rings. The van der Waals surface area contributed by atoms with Gasteiger partial charge in [-0.1, -0.05) is 0 Å². The highest BCUT2D eigenvalue weighted by molar-refractivity contribution is 9.10. The smallest absolute Gasteiger partial charge is 0.0594 e. The summed E-state index contributed by atoms with van der Waals surface area (Å²) < 4.78 is 0.950. The number of nitrogens with zero attached hydrogens (tertiary/aromatic N) is 1. The lowest BCUT2D eigenvalue weighted by Crippen LogP contribution is -2.21. The van der Waals surface area contributed by atoms with Crippen LogP contribution in [-0.4, -0.2) is 11.5 Å². The molecule has 0 amide bonds. The van der Waals surface area contributed by atoms with E-state index in [1.807, 2.05) is 12.1 Å². The molecule has 0 aromatic carbocycles. The summed E-state index contributed by atoms with van der Waals surface area (Å²) in [5.41, 5.74) is 11.8. The highest BCUT2D eigenvalue weighted by Crippen LogP contribution is 2.10. The summed E-state index contributed by atoms with van der Waals surface area (Å²) in [7, 11) is 0. The number of nitrogens with two attached hydrogens (primary N) is 2. The maximum Gasteiger partial charge on any atom is 0.0594 e. The maximum atomic E-state index is 5.64. The van der Waals surface area contributed by atoms with E-state index in [1.165, 1.54) is 0 Å². The molecule has 1 heterocycles. The van der Waals surface area contributed by atoms with Crippen molar-refractivity contribution in [3.8, 4) is 0 Å². The van der Waals surface area contributed by atoms with Crippen molar-refractivity contribution >= 4 is 28.3 Å². The standard InChI is InChI=1S/C7H10BrN3.ClH/c8-5-1-2-7(11-4-5)6(10)3-9;/h1-2,4,6H,3,9-10H2;1H/t6-;/m0./s1. The zero-order chi connectivity index (χ0) is 8.27. The lowest BCUT2D eigenvalue weighted by atomic mass is 10.2. The Balaban J connectivity index is 0.00000121. The van der Waals surface area contributed by atoms with Gasteiger partial charge in [-0.3, -0.25) is 4.98 Å². The summed E-state index contributed by atoms with van der Waals surface area (Å²) in [6, 6.07) is 3.61. The van der Waals surface area contributed by atoms with Crippen LogP contribution in [0.5, 0.6) is 0 Å². The van der Waals surface area contributed by atoms with Gasteiger partial charge in [0.15, 0.2) is 0 Å². The van der Waals surface area contributed by atoms with Crippen molar-refractivity contribution in [3.05, 3.63) is 28.5 Å². The van der Waals surface area contributed by atoms with Crippen molar-refractivity contribution in [3.63, 3.8) is 0 Å². The molecular weight excluding hydrogens is 241 g/mol. The van der Waals surface area contributed by atoms with Crippen molar-refractivity contribution in [2.75, 3.05) is 6.54 Å². The summed E-state index contributed by atoms with van der Waals surface area (Å²) in [6.45, 7) is 0.425. The third kappa shape index (κ3) is 3.06. The monoisotopic (exact) mass is 251 g/mol. The van der Waals surface area contributed by atoms with Gasteiger partial charge in [-0.25, -0.2) is 0 Å². The van der Waals surface area contributed by atoms with Gasteiger partial charge in [0.2, 0.25) is 0 Å². The first kappa shape index (κ1) is 11.8. The fourth-order valence-electron chi connectivity index (χ4n) is 0.727. The molecule has 1 rings (SSSR count). The predicted octanol–water partition coefficient (Wildman–Crippen LogP) is 1.22. The Labute approximate surface area is 86.1 Å². The van der Waals surface area contributed by atoms with Gasteiger partial charge in [-0.15, -0.1) is 12.4 Å². The predicted molar refractivity (Wildman–Crippen MR) is 55.2 cm³/mol. The molecule has 5 heteroatoms. The van der Waals surface area contributed by atoms with Crippen LogP contribution in [0.1, 0.15) is 11.7 Å². The van der Waals surface area contributed by atoms with E-state index in [-0.39, 0.29) is 18.4 Å². The van der Waals surface area contributed by atoms with E-state index in [1.54, 1.807) is 6.20 Å². The number of halogens is 2. The summed E-state index contributed by atoms with van der Waals surface area (Å²) in [5.74, 6) is 0. The fraction of sp³-hybridized carbons (Fsp3) is 0.286. The molecule has 0 unspecified atom stereocenters. The average molecular weight is 253 g/mol. The fourth-order valence-corrected chi connectivity index (χ4v) is 0.962. The van der Waals surface area contributed by atoms with E-state index in [4.69, 9.17) is 11.5 Å². The van der Waals surface area contributed by atoms with Gasteiger partial charge in [-0.2, -0.15) is 0 Å². The third-order valence-electron chi connectivity index (χ3n) is 1.38. The molecule has 1 atom stereocenters. The zero-order valence-electron chi connectivity index (χ0n) is 6.40. The van der Waals surface area contributed by atoms with E-state index in [0.717, 1.165) is 10.2 Å². The lowest BCUT2D eigenvalue weighted by Gasteiger charge is -2.06. The number of pyridine rings is 1. The third-order valence-corrected chi connectivity index (χ3v) is 1.85. The second kappa shape index (κ2) is 5.48. The van der Waals surface area contributed by atoms with Gasteiger partial charge in [0.1, 0.15) is 0 Å². The molecule has 68 valence electrons. The van der Waals surface area contributed by atoms with E-state index in [0.29, 0.717) is 6.54 Å². The Morgan fingerprint density at radius 2 is 2.17 bits per heavy atom. The molecule has 12 heavy (non-hydrogen) atoms. The molecule has 0 saturated carbocycles.